The number of fused-ring (bicyclic) bond motifs is 1. The average molecular weight is 348 g/mol. The van der Waals surface area contributed by atoms with Crippen LogP contribution in [0.25, 0.3) is 11.5 Å². The molecule has 0 unspecified atom stereocenters. The normalized spacial score (nSPS) is 13.1. The first-order chi connectivity index (χ1) is 12.6. The van der Waals surface area contributed by atoms with E-state index in [0.717, 1.165) is 12.1 Å². The fraction of sp³-hybridized carbons (Fsp3) is 0.263. The summed E-state index contributed by atoms with van der Waals surface area (Å²) in [5, 5.41) is 11.0. The maximum Gasteiger partial charge on any atom is 0.327 e. The summed E-state index contributed by atoms with van der Waals surface area (Å²) in [5.41, 5.74) is 2.82. The first kappa shape index (κ1) is 16.3. The number of benzene rings is 1. The van der Waals surface area contributed by atoms with Crippen molar-refractivity contribution in [3.05, 3.63) is 54.4 Å². The highest BCUT2D eigenvalue weighted by molar-refractivity contribution is 6.02. The van der Waals surface area contributed by atoms with Crippen LogP contribution in [0.3, 0.4) is 0 Å². The minimum absolute atomic E-state index is 0.176. The third-order valence-electron chi connectivity index (χ3n) is 4.47. The lowest BCUT2D eigenvalue weighted by Crippen LogP contribution is -2.33. The highest BCUT2D eigenvalue weighted by Crippen LogP contribution is 2.28. The van der Waals surface area contributed by atoms with Crippen molar-refractivity contribution in [3.8, 4) is 11.5 Å². The molecule has 0 spiro atoms. The number of urea groups is 1. The van der Waals surface area contributed by atoms with E-state index in [1.807, 2.05) is 34.9 Å². The van der Waals surface area contributed by atoms with Crippen LogP contribution in [0, 0.1) is 0 Å². The summed E-state index contributed by atoms with van der Waals surface area (Å²) in [6.45, 7) is 4.79. The largest absolute Gasteiger partial charge is 0.327 e. The van der Waals surface area contributed by atoms with Gasteiger partial charge in [-0.1, -0.05) is 24.3 Å². The summed E-state index contributed by atoms with van der Waals surface area (Å²) >= 11 is 0. The molecule has 0 saturated carbocycles. The van der Waals surface area contributed by atoms with Crippen LogP contribution in [-0.2, 0) is 6.42 Å². The van der Waals surface area contributed by atoms with Gasteiger partial charge < -0.3 is 4.57 Å². The van der Waals surface area contributed by atoms with Crippen molar-refractivity contribution < 1.29 is 4.79 Å². The Bertz CT molecular complexity index is 948. The van der Waals surface area contributed by atoms with Crippen molar-refractivity contribution >= 4 is 17.5 Å². The molecule has 2 amide bonds. The van der Waals surface area contributed by atoms with E-state index in [4.69, 9.17) is 0 Å². The van der Waals surface area contributed by atoms with Gasteiger partial charge in [0.05, 0.1) is 0 Å². The van der Waals surface area contributed by atoms with Gasteiger partial charge in [-0.05, 0) is 44.0 Å². The number of nitrogens with one attached hydrogen (secondary N) is 1. The van der Waals surface area contributed by atoms with Gasteiger partial charge in [0.25, 0.3) is 0 Å². The van der Waals surface area contributed by atoms with E-state index < -0.39 is 0 Å². The lowest BCUT2D eigenvalue weighted by Gasteiger charge is -2.18. The molecule has 4 rings (SSSR count). The molecule has 3 aromatic rings. The van der Waals surface area contributed by atoms with Gasteiger partial charge in [0, 0.05) is 18.3 Å². The Morgan fingerprint density at radius 2 is 2.00 bits per heavy atom. The number of para-hydroxylation sites is 1. The van der Waals surface area contributed by atoms with E-state index in [0.29, 0.717) is 23.9 Å². The lowest BCUT2D eigenvalue weighted by molar-refractivity contribution is 0.257. The third kappa shape index (κ3) is 2.92. The van der Waals surface area contributed by atoms with Gasteiger partial charge >= 0.3 is 6.03 Å². The molecule has 0 fully saturated rings. The highest BCUT2D eigenvalue weighted by Gasteiger charge is 2.24. The number of anilines is 2. The highest BCUT2D eigenvalue weighted by atomic mass is 16.2. The summed E-state index contributed by atoms with van der Waals surface area (Å²) in [6, 6.07) is 13.5. The molecule has 26 heavy (non-hydrogen) atoms. The van der Waals surface area contributed by atoms with Crippen molar-refractivity contribution in [2.24, 2.45) is 0 Å². The molecule has 0 bridgehead atoms. The number of aromatic nitrogens is 4. The zero-order chi connectivity index (χ0) is 18.1. The maximum atomic E-state index is 12.7. The second-order valence-electron chi connectivity index (χ2n) is 6.52. The van der Waals surface area contributed by atoms with E-state index in [1.54, 1.807) is 17.3 Å². The zero-order valence-corrected chi connectivity index (χ0v) is 14.8. The number of nitrogens with zero attached hydrogens (tertiary/aromatic N) is 5. The molecule has 0 radical (unpaired) electrons. The van der Waals surface area contributed by atoms with Crippen molar-refractivity contribution in [3.63, 3.8) is 0 Å². The van der Waals surface area contributed by atoms with E-state index in [9.17, 15) is 4.79 Å². The Labute approximate surface area is 151 Å². The number of rotatable bonds is 3. The van der Waals surface area contributed by atoms with Crippen molar-refractivity contribution in [1.82, 2.24) is 19.7 Å². The first-order valence-corrected chi connectivity index (χ1v) is 8.67. The Morgan fingerprint density at radius 3 is 2.85 bits per heavy atom. The molecule has 1 aromatic carbocycles. The van der Waals surface area contributed by atoms with Crippen LogP contribution >= 0.6 is 0 Å². The van der Waals surface area contributed by atoms with Crippen LogP contribution < -0.4 is 10.2 Å². The SMILES string of the molecule is CC(C)n1cnnc1-c1cccc(NC(=O)N2CCc3ccccc32)n1. The van der Waals surface area contributed by atoms with E-state index in [1.165, 1.54) is 5.56 Å². The first-order valence-electron chi connectivity index (χ1n) is 8.67. The average Bonchev–Trinajstić information content (AvgIpc) is 3.29. The summed E-state index contributed by atoms with van der Waals surface area (Å²) in [5.74, 6) is 1.18. The molecule has 1 N–H and O–H groups in total. The maximum absolute atomic E-state index is 12.7. The topological polar surface area (TPSA) is 75.9 Å². The fourth-order valence-electron chi connectivity index (χ4n) is 3.16. The van der Waals surface area contributed by atoms with Crippen LogP contribution in [0.5, 0.6) is 0 Å². The molecule has 1 aliphatic rings. The van der Waals surface area contributed by atoms with Crippen LogP contribution in [0.1, 0.15) is 25.5 Å². The Balaban J connectivity index is 1.56. The minimum atomic E-state index is -0.176. The number of amides is 2. The fourth-order valence-corrected chi connectivity index (χ4v) is 3.16. The molecule has 0 atom stereocenters. The predicted octanol–water partition coefficient (Wildman–Crippen LogP) is 3.52. The summed E-state index contributed by atoms with van der Waals surface area (Å²) in [7, 11) is 0. The molecule has 0 aliphatic carbocycles. The van der Waals surface area contributed by atoms with E-state index in [-0.39, 0.29) is 12.1 Å². The molecular formula is C19H20N6O. The molecule has 7 nitrogen and oxygen atoms in total. The number of carbonyl (C=O) groups excluding carboxylic acids is 1. The van der Waals surface area contributed by atoms with Crippen LogP contribution in [0.15, 0.2) is 48.8 Å². The second-order valence-corrected chi connectivity index (χ2v) is 6.52. The predicted molar refractivity (Wildman–Crippen MR) is 100 cm³/mol. The molecule has 7 heteroatoms. The molecule has 0 saturated heterocycles. The number of pyridine rings is 1. The number of hydrogen-bond donors (Lipinski definition) is 1. The zero-order valence-electron chi connectivity index (χ0n) is 14.8. The monoisotopic (exact) mass is 348 g/mol. The van der Waals surface area contributed by atoms with Crippen LogP contribution in [0.2, 0.25) is 0 Å². The molecule has 3 heterocycles. The summed E-state index contributed by atoms with van der Waals surface area (Å²) in [6.07, 6.45) is 2.56. The standard InChI is InChI=1S/C19H20N6O/c1-13(2)25-12-20-23-18(25)15-7-5-9-17(21-15)22-19(26)24-11-10-14-6-3-4-8-16(14)24/h3-9,12-13H,10-11H2,1-2H3,(H,21,22,26). The Hall–Kier alpha value is -3.22. The third-order valence-corrected chi connectivity index (χ3v) is 4.47. The van der Waals surface area contributed by atoms with Gasteiger partial charge in [-0.15, -0.1) is 10.2 Å². The van der Waals surface area contributed by atoms with Crippen molar-refractivity contribution in [1.29, 1.82) is 0 Å². The van der Waals surface area contributed by atoms with Crippen LogP contribution in [-0.4, -0.2) is 32.3 Å². The van der Waals surface area contributed by atoms with Crippen molar-refractivity contribution in [2.75, 3.05) is 16.8 Å². The summed E-state index contributed by atoms with van der Waals surface area (Å²) < 4.78 is 1.95. The van der Waals surface area contributed by atoms with Gasteiger partial charge in [0.1, 0.15) is 17.8 Å². The minimum Gasteiger partial charge on any atom is -0.310 e. The van der Waals surface area contributed by atoms with Crippen molar-refractivity contribution in [2.45, 2.75) is 26.3 Å². The van der Waals surface area contributed by atoms with E-state index in [2.05, 4.69) is 40.4 Å². The van der Waals surface area contributed by atoms with Crippen LogP contribution in [0.4, 0.5) is 16.3 Å². The lowest BCUT2D eigenvalue weighted by atomic mass is 10.2. The van der Waals surface area contributed by atoms with Gasteiger partial charge in [0.15, 0.2) is 5.82 Å². The molecular weight excluding hydrogens is 328 g/mol. The Morgan fingerprint density at radius 1 is 1.15 bits per heavy atom. The number of carbonyl (C=O) groups is 1. The second kappa shape index (κ2) is 6.59. The summed E-state index contributed by atoms with van der Waals surface area (Å²) in [4.78, 5) is 19.0. The Kier molecular flexibility index (Phi) is 4.12. The van der Waals surface area contributed by atoms with Gasteiger partial charge in [-0.25, -0.2) is 9.78 Å². The molecule has 2 aromatic heterocycles. The quantitative estimate of drug-likeness (QED) is 0.786. The smallest absolute Gasteiger partial charge is 0.310 e. The van der Waals surface area contributed by atoms with Gasteiger partial charge in [-0.2, -0.15) is 0 Å². The van der Waals surface area contributed by atoms with Gasteiger partial charge in [0.2, 0.25) is 0 Å². The van der Waals surface area contributed by atoms with E-state index >= 15 is 0 Å². The van der Waals surface area contributed by atoms with Gasteiger partial charge in [-0.3, -0.25) is 10.2 Å². The number of hydrogen-bond acceptors (Lipinski definition) is 4. The molecule has 132 valence electrons. The molecule has 1 aliphatic heterocycles.